The molecule has 0 saturated heterocycles. The summed E-state index contributed by atoms with van der Waals surface area (Å²) in [5.74, 6) is 0.733. The van der Waals surface area contributed by atoms with E-state index in [1.165, 1.54) is 11.8 Å². The third-order valence-electron chi connectivity index (χ3n) is 4.03. The van der Waals surface area contributed by atoms with Crippen molar-refractivity contribution in [3.8, 4) is 11.8 Å². The van der Waals surface area contributed by atoms with Crippen molar-refractivity contribution in [2.24, 2.45) is 0 Å². The number of hydrogen-bond acceptors (Lipinski definition) is 4. The molecule has 0 spiro atoms. The first-order valence-corrected chi connectivity index (χ1v) is 8.50. The Labute approximate surface area is 136 Å². The van der Waals surface area contributed by atoms with Crippen molar-refractivity contribution >= 4 is 17.7 Å². The minimum Gasteiger partial charge on any atom is -0.497 e. The van der Waals surface area contributed by atoms with Crippen LogP contribution in [-0.4, -0.2) is 23.8 Å². The number of carbonyl (C=O) groups is 1. The molecular weight excluding hydrogens is 296 g/mol. The van der Waals surface area contributed by atoms with Crippen molar-refractivity contribution in [3.05, 3.63) is 24.3 Å². The van der Waals surface area contributed by atoms with Crippen LogP contribution in [-0.2, 0) is 4.79 Å². The molecule has 1 aliphatic carbocycles. The van der Waals surface area contributed by atoms with Crippen LogP contribution in [0.25, 0.3) is 0 Å². The van der Waals surface area contributed by atoms with Crippen molar-refractivity contribution in [1.82, 2.24) is 5.32 Å². The summed E-state index contributed by atoms with van der Waals surface area (Å²) in [6.07, 6.45) is 4.68. The van der Waals surface area contributed by atoms with Crippen molar-refractivity contribution in [2.75, 3.05) is 7.11 Å². The van der Waals surface area contributed by atoms with Crippen LogP contribution in [0.4, 0.5) is 0 Å². The summed E-state index contributed by atoms with van der Waals surface area (Å²) in [4.78, 5) is 13.4. The maximum Gasteiger partial charge on any atom is 0.234 e. The zero-order chi connectivity index (χ0) is 16.0. The van der Waals surface area contributed by atoms with Gasteiger partial charge in [0.15, 0.2) is 0 Å². The third kappa shape index (κ3) is 4.17. The van der Waals surface area contributed by atoms with E-state index in [1.54, 1.807) is 7.11 Å². The number of nitrogens with one attached hydrogen (secondary N) is 1. The van der Waals surface area contributed by atoms with E-state index in [2.05, 4.69) is 11.4 Å². The Morgan fingerprint density at radius 3 is 2.50 bits per heavy atom. The Kier molecular flexibility index (Phi) is 5.73. The average Bonchev–Trinajstić information content (AvgIpc) is 2.56. The quantitative estimate of drug-likeness (QED) is 0.844. The number of amides is 1. The monoisotopic (exact) mass is 318 g/mol. The number of benzene rings is 1. The molecule has 0 aromatic heterocycles. The number of nitrogens with zero attached hydrogens (tertiary/aromatic N) is 1. The highest BCUT2D eigenvalue weighted by Crippen LogP contribution is 2.30. The van der Waals surface area contributed by atoms with Gasteiger partial charge >= 0.3 is 0 Å². The van der Waals surface area contributed by atoms with E-state index < -0.39 is 5.54 Å². The van der Waals surface area contributed by atoms with E-state index in [9.17, 15) is 10.1 Å². The molecule has 0 aliphatic heterocycles. The highest BCUT2D eigenvalue weighted by molar-refractivity contribution is 8.00. The lowest BCUT2D eigenvalue weighted by molar-refractivity contribution is -0.121. The SMILES string of the molecule is COc1ccc(SC(C)C(=O)NC2(C#N)CCCCC2)cc1. The number of rotatable bonds is 5. The van der Waals surface area contributed by atoms with E-state index in [4.69, 9.17) is 4.74 Å². The predicted octanol–water partition coefficient (Wildman–Crippen LogP) is 3.52. The largest absolute Gasteiger partial charge is 0.497 e. The van der Waals surface area contributed by atoms with Crippen LogP contribution in [0.3, 0.4) is 0 Å². The maximum atomic E-state index is 12.4. The molecule has 1 aromatic carbocycles. The Morgan fingerprint density at radius 2 is 1.95 bits per heavy atom. The van der Waals surface area contributed by atoms with Crippen LogP contribution < -0.4 is 10.1 Å². The predicted molar refractivity (Wildman–Crippen MR) is 87.9 cm³/mol. The van der Waals surface area contributed by atoms with Gasteiger partial charge in [0.1, 0.15) is 11.3 Å². The van der Waals surface area contributed by atoms with Crippen LogP contribution in [0, 0.1) is 11.3 Å². The first-order valence-electron chi connectivity index (χ1n) is 7.62. The van der Waals surface area contributed by atoms with Gasteiger partial charge in [-0.25, -0.2) is 0 Å². The van der Waals surface area contributed by atoms with E-state index in [1.807, 2.05) is 31.2 Å². The second-order valence-corrected chi connectivity index (χ2v) is 7.09. The minimum atomic E-state index is -0.663. The fraction of sp³-hybridized carbons (Fsp3) is 0.529. The Hall–Kier alpha value is -1.67. The lowest BCUT2D eigenvalue weighted by Crippen LogP contribution is -2.50. The van der Waals surface area contributed by atoms with Gasteiger partial charge in [-0.3, -0.25) is 4.79 Å². The number of thioether (sulfide) groups is 1. The first kappa shape index (κ1) is 16.7. The smallest absolute Gasteiger partial charge is 0.234 e. The molecule has 2 rings (SSSR count). The summed E-state index contributed by atoms with van der Waals surface area (Å²) >= 11 is 1.49. The average molecular weight is 318 g/mol. The highest BCUT2D eigenvalue weighted by Gasteiger charge is 2.34. The molecular formula is C17H22N2O2S. The van der Waals surface area contributed by atoms with Crippen LogP contribution >= 0.6 is 11.8 Å². The van der Waals surface area contributed by atoms with Crippen molar-refractivity contribution < 1.29 is 9.53 Å². The fourth-order valence-corrected chi connectivity index (χ4v) is 3.54. The molecule has 1 aliphatic rings. The van der Waals surface area contributed by atoms with Gasteiger partial charge in [0.05, 0.1) is 18.4 Å². The van der Waals surface area contributed by atoms with Gasteiger partial charge in [0, 0.05) is 4.90 Å². The lowest BCUT2D eigenvalue weighted by atomic mass is 9.83. The highest BCUT2D eigenvalue weighted by atomic mass is 32.2. The standard InChI is InChI=1S/C17H22N2O2S/c1-13(22-15-8-6-14(21-2)7-9-15)16(20)19-17(12-18)10-4-3-5-11-17/h6-9,13H,3-5,10-11H2,1-2H3,(H,19,20). The summed E-state index contributed by atoms with van der Waals surface area (Å²) in [5, 5.41) is 12.2. The second-order valence-electron chi connectivity index (χ2n) is 5.68. The number of nitriles is 1. The van der Waals surface area contributed by atoms with Crippen LogP contribution in [0.2, 0.25) is 0 Å². The Bertz CT molecular complexity index is 545. The molecule has 1 N–H and O–H groups in total. The third-order valence-corrected chi connectivity index (χ3v) is 5.14. The molecule has 22 heavy (non-hydrogen) atoms. The van der Waals surface area contributed by atoms with Crippen molar-refractivity contribution in [2.45, 2.75) is 54.7 Å². The molecule has 0 radical (unpaired) electrons. The van der Waals surface area contributed by atoms with Crippen molar-refractivity contribution in [3.63, 3.8) is 0 Å². The van der Waals surface area contributed by atoms with Gasteiger partial charge in [-0.1, -0.05) is 19.3 Å². The van der Waals surface area contributed by atoms with Gasteiger partial charge in [-0.15, -0.1) is 11.8 Å². The normalized spacial score (nSPS) is 18.0. The number of hydrogen-bond donors (Lipinski definition) is 1. The van der Waals surface area contributed by atoms with Gasteiger partial charge in [0.2, 0.25) is 5.91 Å². The van der Waals surface area contributed by atoms with Gasteiger partial charge in [-0.05, 0) is 44.0 Å². The maximum absolute atomic E-state index is 12.4. The van der Waals surface area contributed by atoms with Gasteiger partial charge < -0.3 is 10.1 Å². The van der Waals surface area contributed by atoms with Crippen LogP contribution in [0.5, 0.6) is 5.75 Å². The molecule has 1 aromatic rings. The number of ether oxygens (including phenoxy) is 1. The molecule has 1 amide bonds. The van der Waals surface area contributed by atoms with Gasteiger partial charge in [0.25, 0.3) is 0 Å². The Balaban J connectivity index is 1.94. The summed E-state index contributed by atoms with van der Waals surface area (Å²) < 4.78 is 5.13. The second kappa shape index (κ2) is 7.55. The topological polar surface area (TPSA) is 62.1 Å². The summed E-state index contributed by atoms with van der Waals surface area (Å²) in [7, 11) is 1.63. The number of carbonyl (C=O) groups excluding carboxylic acids is 1. The molecule has 1 saturated carbocycles. The fourth-order valence-electron chi connectivity index (χ4n) is 2.67. The Morgan fingerprint density at radius 1 is 1.32 bits per heavy atom. The molecule has 1 fully saturated rings. The molecule has 5 heteroatoms. The van der Waals surface area contributed by atoms with Crippen LogP contribution in [0.15, 0.2) is 29.2 Å². The first-order chi connectivity index (χ1) is 10.6. The zero-order valence-electron chi connectivity index (χ0n) is 13.1. The van der Waals surface area contributed by atoms with E-state index in [0.717, 1.165) is 42.7 Å². The molecule has 1 atom stereocenters. The van der Waals surface area contributed by atoms with E-state index in [-0.39, 0.29) is 11.2 Å². The molecule has 1 unspecified atom stereocenters. The molecule has 0 bridgehead atoms. The minimum absolute atomic E-state index is 0.0655. The summed E-state index contributed by atoms with van der Waals surface area (Å²) in [5.41, 5.74) is -0.663. The van der Waals surface area contributed by atoms with E-state index >= 15 is 0 Å². The van der Waals surface area contributed by atoms with Crippen LogP contribution in [0.1, 0.15) is 39.0 Å². The lowest BCUT2D eigenvalue weighted by Gasteiger charge is -2.32. The molecule has 4 nitrogen and oxygen atoms in total. The molecule has 118 valence electrons. The number of methoxy groups -OCH3 is 1. The van der Waals surface area contributed by atoms with Crippen molar-refractivity contribution in [1.29, 1.82) is 5.26 Å². The van der Waals surface area contributed by atoms with Gasteiger partial charge in [-0.2, -0.15) is 5.26 Å². The summed E-state index contributed by atoms with van der Waals surface area (Å²) in [6, 6.07) is 9.96. The zero-order valence-corrected chi connectivity index (χ0v) is 13.9. The molecule has 0 heterocycles. The van der Waals surface area contributed by atoms with E-state index in [0.29, 0.717) is 0 Å². The summed E-state index contributed by atoms with van der Waals surface area (Å²) in [6.45, 7) is 1.87.